The molecule has 0 atom stereocenters. The maximum Gasteiger partial charge on any atom is 0.387 e. The molecule has 0 fully saturated rings. The van der Waals surface area contributed by atoms with Gasteiger partial charge in [-0.15, -0.1) is 0 Å². The van der Waals surface area contributed by atoms with Gasteiger partial charge in [0.2, 0.25) is 5.95 Å². The van der Waals surface area contributed by atoms with Crippen molar-refractivity contribution in [2.24, 2.45) is 0 Å². The molecule has 0 bridgehead atoms. The highest BCUT2D eigenvalue weighted by molar-refractivity contribution is 6.32. The van der Waals surface area contributed by atoms with E-state index in [9.17, 15) is 23.1 Å². The molecule has 0 unspecified atom stereocenters. The number of hydrogen-bond donors (Lipinski definition) is 2. The third kappa shape index (κ3) is 5.61. The second-order valence-electron chi connectivity index (χ2n) is 9.26. The van der Waals surface area contributed by atoms with Gasteiger partial charge in [0.25, 0.3) is 5.91 Å². The number of aliphatic hydroxyl groups excluding tert-OH is 1. The number of nitrogens with one attached hydrogen (secondary N) is 1. The largest absolute Gasteiger partial charge is 0.432 e. The molecule has 5 rings (SSSR count). The second kappa shape index (κ2) is 11.6. The van der Waals surface area contributed by atoms with Crippen LogP contribution in [0.25, 0.3) is 11.1 Å². The average Bonchev–Trinajstić information content (AvgIpc) is 3.39. The molecule has 0 radical (unpaired) electrons. The van der Waals surface area contributed by atoms with E-state index in [0.717, 1.165) is 22.8 Å². The van der Waals surface area contributed by atoms with Crippen LogP contribution in [0.3, 0.4) is 0 Å². The van der Waals surface area contributed by atoms with Gasteiger partial charge in [0.15, 0.2) is 11.6 Å². The zero-order chi connectivity index (χ0) is 28.4. The molecule has 0 aliphatic carbocycles. The fourth-order valence-corrected chi connectivity index (χ4v) is 5.08. The van der Waals surface area contributed by atoms with Crippen LogP contribution in [0.15, 0.2) is 55.0 Å². The number of aromatic nitrogens is 3. The zero-order valence-electron chi connectivity index (χ0n) is 21.4. The first kappa shape index (κ1) is 27.5. The van der Waals surface area contributed by atoms with E-state index in [4.69, 9.17) is 11.6 Å². The molecule has 2 aromatic carbocycles. The predicted octanol–water partition coefficient (Wildman–Crippen LogP) is 5.12. The van der Waals surface area contributed by atoms with Crippen LogP contribution in [-0.2, 0) is 26.1 Å². The number of amides is 1. The minimum absolute atomic E-state index is 0.0748. The summed E-state index contributed by atoms with van der Waals surface area (Å²) in [5.41, 5.74) is 4.40. The van der Waals surface area contributed by atoms with Gasteiger partial charge < -0.3 is 24.6 Å². The number of hydrogen-bond acceptors (Lipinski definition) is 6. The number of aliphatic hydroxyl groups is 1. The summed E-state index contributed by atoms with van der Waals surface area (Å²) < 4.78 is 45.5. The number of carbonyl (C=O) groups is 1. The first-order valence-corrected chi connectivity index (χ1v) is 12.8. The molecule has 1 aliphatic rings. The van der Waals surface area contributed by atoms with Gasteiger partial charge >= 0.3 is 6.61 Å². The number of ether oxygens (including phenoxy) is 1. The van der Waals surface area contributed by atoms with E-state index in [-0.39, 0.29) is 24.2 Å². The fourth-order valence-electron chi connectivity index (χ4n) is 4.87. The van der Waals surface area contributed by atoms with Gasteiger partial charge in [-0.05, 0) is 64.6 Å². The van der Waals surface area contributed by atoms with Crippen molar-refractivity contribution in [3.05, 3.63) is 93.8 Å². The Labute approximate surface area is 233 Å². The Hall–Kier alpha value is -4.09. The van der Waals surface area contributed by atoms with Gasteiger partial charge in [0.1, 0.15) is 5.15 Å². The molecule has 40 heavy (non-hydrogen) atoms. The summed E-state index contributed by atoms with van der Waals surface area (Å²) in [4.78, 5) is 23.9. The summed E-state index contributed by atoms with van der Waals surface area (Å²) in [6.07, 6.45) is 5.45. The van der Waals surface area contributed by atoms with Gasteiger partial charge in [-0.2, -0.15) is 8.78 Å². The molecular weight excluding hydrogens is 547 g/mol. The molecule has 3 heterocycles. The van der Waals surface area contributed by atoms with E-state index in [0.29, 0.717) is 47.7 Å². The van der Waals surface area contributed by atoms with Crippen LogP contribution >= 0.6 is 11.6 Å². The van der Waals surface area contributed by atoms with Gasteiger partial charge in [0, 0.05) is 49.9 Å². The zero-order valence-corrected chi connectivity index (χ0v) is 22.1. The van der Waals surface area contributed by atoms with Crippen LogP contribution in [-0.4, -0.2) is 50.7 Å². The number of anilines is 1. The van der Waals surface area contributed by atoms with E-state index in [1.54, 1.807) is 24.2 Å². The standard InChI is InChI=1S/C28H25ClF3N5O3/c1-33-28-34-5-7-37(28)14-17-8-20(21-10-18(15-38)12-35-25(21)29)19-4-6-36(26(39)22(19)9-17)13-16-2-3-23(30)24(11-16)40-27(31)32/h2-3,5,7-12,27,38H,4,6,13-15H2,1H3,(H,33,34). The van der Waals surface area contributed by atoms with Gasteiger partial charge in [0.05, 0.1) is 13.2 Å². The van der Waals surface area contributed by atoms with Crippen LogP contribution in [0.1, 0.15) is 32.6 Å². The van der Waals surface area contributed by atoms with E-state index in [1.165, 1.54) is 18.3 Å². The number of carbonyl (C=O) groups excluding carboxylic acids is 1. The number of imidazole rings is 1. The van der Waals surface area contributed by atoms with Crippen LogP contribution in [0, 0.1) is 5.82 Å². The first-order valence-electron chi connectivity index (χ1n) is 12.4. The monoisotopic (exact) mass is 571 g/mol. The topological polar surface area (TPSA) is 92.5 Å². The lowest BCUT2D eigenvalue weighted by Gasteiger charge is -2.31. The Morgan fingerprint density at radius 1 is 1.07 bits per heavy atom. The summed E-state index contributed by atoms with van der Waals surface area (Å²) in [5, 5.41) is 13.0. The van der Waals surface area contributed by atoms with Crippen molar-refractivity contribution in [1.29, 1.82) is 0 Å². The van der Waals surface area contributed by atoms with E-state index >= 15 is 0 Å². The van der Waals surface area contributed by atoms with Crippen molar-refractivity contribution in [2.75, 3.05) is 18.9 Å². The molecule has 0 saturated heterocycles. The van der Waals surface area contributed by atoms with Gasteiger partial charge in [-0.25, -0.2) is 14.4 Å². The number of benzene rings is 2. The molecule has 4 aromatic rings. The SMILES string of the molecule is CNc1nccn1Cc1cc2c(c(-c3cc(CO)cnc3Cl)c1)CCN(Cc1ccc(F)c(OC(F)F)c1)C2=O. The Kier molecular flexibility index (Phi) is 7.95. The van der Waals surface area contributed by atoms with Gasteiger partial charge in [-0.1, -0.05) is 17.7 Å². The minimum atomic E-state index is -3.17. The van der Waals surface area contributed by atoms with Gasteiger partial charge in [-0.3, -0.25) is 4.79 Å². The number of pyridine rings is 1. The molecule has 1 amide bonds. The molecular formula is C28H25ClF3N5O3. The molecule has 12 heteroatoms. The van der Waals surface area contributed by atoms with Crippen LogP contribution in [0.2, 0.25) is 5.15 Å². The van der Waals surface area contributed by atoms with Crippen LogP contribution < -0.4 is 10.1 Å². The Bertz CT molecular complexity index is 1560. The number of alkyl halides is 2. The summed E-state index contributed by atoms with van der Waals surface area (Å²) >= 11 is 6.50. The lowest BCUT2D eigenvalue weighted by atomic mass is 9.88. The summed E-state index contributed by atoms with van der Waals surface area (Å²) in [5.74, 6) is -1.11. The minimum Gasteiger partial charge on any atom is -0.432 e. The summed E-state index contributed by atoms with van der Waals surface area (Å²) in [6.45, 7) is -2.58. The van der Waals surface area contributed by atoms with Crippen molar-refractivity contribution in [3.63, 3.8) is 0 Å². The highest BCUT2D eigenvalue weighted by Crippen LogP contribution is 2.36. The Balaban J connectivity index is 1.55. The molecule has 1 aliphatic heterocycles. The maximum absolute atomic E-state index is 13.9. The van der Waals surface area contributed by atoms with E-state index < -0.39 is 18.2 Å². The van der Waals surface area contributed by atoms with Crippen molar-refractivity contribution in [3.8, 4) is 16.9 Å². The normalized spacial score (nSPS) is 13.1. The number of nitrogens with zero attached hydrogens (tertiary/aromatic N) is 4. The first-order chi connectivity index (χ1) is 19.3. The van der Waals surface area contributed by atoms with E-state index in [2.05, 4.69) is 20.0 Å². The van der Waals surface area contributed by atoms with Crippen molar-refractivity contribution in [1.82, 2.24) is 19.4 Å². The number of halogens is 4. The molecule has 208 valence electrons. The molecule has 8 nitrogen and oxygen atoms in total. The third-order valence-electron chi connectivity index (χ3n) is 6.70. The molecule has 0 saturated carbocycles. The van der Waals surface area contributed by atoms with E-state index in [1.807, 2.05) is 22.9 Å². The Morgan fingerprint density at radius 2 is 1.85 bits per heavy atom. The van der Waals surface area contributed by atoms with Crippen molar-refractivity contribution in [2.45, 2.75) is 32.7 Å². The third-order valence-corrected chi connectivity index (χ3v) is 7.01. The van der Waals surface area contributed by atoms with Crippen LogP contribution in [0.4, 0.5) is 19.1 Å². The highest BCUT2D eigenvalue weighted by Gasteiger charge is 2.29. The molecule has 2 aromatic heterocycles. The maximum atomic E-state index is 13.9. The lowest BCUT2D eigenvalue weighted by Crippen LogP contribution is -2.37. The average molecular weight is 572 g/mol. The smallest absolute Gasteiger partial charge is 0.387 e. The summed E-state index contributed by atoms with van der Waals surface area (Å²) in [7, 11) is 1.76. The molecule has 2 N–H and O–H groups in total. The second-order valence-corrected chi connectivity index (χ2v) is 9.62. The van der Waals surface area contributed by atoms with Crippen molar-refractivity contribution >= 4 is 23.5 Å². The number of fused-ring (bicyclic) bond motifs is 1. The molecule has 0 spiro atoms. The lowest BCUT2D eigenvalue weighted by molar-refractivity contribution is -0.0522. The van der Waals surface area contributed by atoms with Crippen molar-refractivity contribution < 1.29 is 27.8 Å². The summed E-state index contributed by atoms with van der Waals surface area (Å²) in [6, 6.07) is 9.18. The quantitative estimate of drug-likeness (QED) is 0.271. The number of rotatable bonds is 9. The fraction of sp³-hybridized carbons (Fsp3) is 0.250. The van der Waals surface area contributed by atoms with Crippen LogP contribution in [0.5, 0.6) is 5.75 Å². The predicted molar refractivity (Wildman–Crippen MR) is 143 cm³/mol. The highest BCUT2D eigenvalue weighted by atomic mass is 35.5. The Morgan fingerprint density at radius 3 is 2.60 bits per heavy atom.